The fourth-order valence-electron chi connectivity index (χ4n) is 2.37. The van der Waals surface area contributed by atoms with Gasteiger partial charge in [0, 0.05) is 17.9 Å². The lowest BCUT2D eigenvalue weighted by Crippen LogP contribution is -2.30. The van der Waals surface area contributed by atoms with Crippen molar-refractivity contribution in [2.45, 2.75) is 26.2 Å². The third kappa shape index (κ3) is 3.09. The first-order valence-corrected chi connectivity index (χ1v) is 7.10. The van der Waals surface area contributed by atoms with Crippen LogP contribution in [-0.4, -0.2) is 22.9 Å². The molecule has 1 fully saturated rings. The molecule has 1 amide bonds. The largest absolute Gasteiger partial charge is 0.351 e. The summed E-state index contributed by atoms with van der Waals surface area (Å²) in [6.07, 6.45) is 3.72. The first kappa shape index (κ1) is 12.6. The highest BCUT2D eigenvalue weighted by molar-refractivity contribution is 9.09. The Hall–Kier alpha value is -0.840. The van der Waals surface area contributed by atoms with Crippen LogP contribution in [0.2, 0.25) is 0 Å². The smallest absolute Gasteiger partial charge is 0.289 e. The zero-order valence-electron chi connectivity index (χ0n) is 9.91. The van der Waals surface area contributed by atoms with Crippen molar-refractivity contribution in [1.29, 1.82) is 0 Å². The summed E-state index contributed by atoms with van der Waals surface area (Å²) in [6, 6.07) is 1.66. The molecule has 0 saturated heterocycles. The molecule has 1 heterocycles. The second-order valence-electron chi connectivity index (χ2n) is 4.65. The van der Waals surface area contributed by atoms with Crippen LogP contribution in [0.15, 0.2) is 10.6 Å². The summed E-state index contributed by atoms with van der Waals surface area (Å²) in [7, 11) is 0. The van der Waals surface area contributed by atoms with Gasteiger partial charge in [0.15, 0.2) is 0 Å². The van der Waals surface area contributed by atoms with Crippen molar-refractivity contribution >= 4 is 21.8 Å². The Balaban J connectivity index is 1.84. The number of aryl methyl sites for hydroxylation is 1. The SMILES string of the molecule is Cc1cc(C(=O)NCC2CCCC2CBr)on1. The summed E-state index contributed by atoms with van der Waals surface area (Å²) >= 11 is 3.53. The molecule has 17 heavy (non-hydrogen) atoms. The normalized spacial score (nSPS) is 23.9. The quantitative estimate of drug-likeness (QED) is 0.869. The maximum Gasteiger partial charge on any atom is 0.289 e. The van der Waals surface area contributed by atoms with E-state index < -0.39 is 0 Å². The van der Waals surface area contributed by atoms with Crippen LogP contribution in [0, 0.1) is 18.8 Å². The third-order valence-electron chi connectivity index (χ3n) is 3.39. The van der Waals surface area contributed by atoms with Crippen LogP contribution in [0.4, 0.5) is 0 Å². The number of hydrogen-bond donors (Lipinski definition) is 1. The number of aromatic nitrogens is 1. The highest BCUT2D eigenvalue weighted by Gasteiger charge is 2.26. The number of amides is 1. The number of carbonyl (C=O) groups is 1. The third-order valence-corrected chi connectivity index (χ3v) is 4.22. The Bertz CT molecular complexity index is 392. The van der Waals surface area contributed by atoms with E-state index in [-0.39, 0.29) is 5.91 Å². The lowest BCUT2D eigenvalue weighted by Gasteiger charge is -2.17. The molecule has 0 spiro atoms. The van der Waals surface area contributed by atoms with Crippen LogP contribution in [-0.2, 0) is 0 Å². The molecule has 0 radical (unpaired) electrons. The zero-order valence-corrected chi connectivity index (χ0v) is 11.5. The molecule has 1 aliphatic rings. The van der Waals surface area contributed by atoms with Gasteiger partial charge in [-0.3, -0.25) is 4.79 Å². The highest BCUT2D eigenvalue weighted by Crippen LogP contribution is 2.32. The summed E-state index contributed by atoms with van der Waals surface area (Å²) in [5.74, 6) is 1.41. The monoisotopic (exact) mass is 300 g/mol. The van der Waals surface area contributed by atoms with Crippen molar-refractivity contribution in [3.63, 3.8) is 0 Å². The molecule has 1 N–H and O–H groups in total. The number of halogens is 1. The van der Waals surface area contributed by atoms with E-state index in [1.165, 1.54) is 19.3 Å². The molecular formula is C12H17BrN2O2. The van der Waals surface area contributed by atoms with Crippen molar-refractivity contribution in [1.82, 2.24) is 10.5 Å². The number of alkyl halides is 1. The molecule has 1 aromatic rings. The fourth-order valence-corrected chi connectivity index (χ4v) is 3.22. The average molecular weight is 301 g/mol. The second-order valence-corrected chi connectivity index (χ2v) is 5.30. The summed E-state index contributed by atoms with van der Waals surface area (Å²) in [4.78, 5) is 11.8. The van der Waals surface area contributed by atoms with E-state index in [1.807, 2.05) is 0 Å². The van der Waals surface area contributed by atoms with Crippen molar-refractivity contribution in [2.75, 3.05) is 11.9 Å². The predicted octanol–water partition coefficient (Wildman–Crippen LogP) is 2.52. The summed E-state index contributed by atoms with van der Waals surface area (Å²) in [5, 5.41) is 7.65. The second kappa shape index (κ2) is 5.67. The van der Waals surface area contributed by atoms with E-state index in [9.17, 15) is 4.79 Å². The van der Waals surface area contributed by atoms with Crippen molar-refractivity contribution in [3.05, 3.63) is 17.5 Å². The summed E-state index contributed by atoms with van der Waals surface area (Å²) in [5.41, 5.74) is 0.731. The van der Waals surface area contributed by atoms with Crippen LogP contribution in [0.25, 0.3) is 0 Å². The highest BCUT2D eigenvalue weighted by atomic mass is 79.9. The number of nitrogens with zero attached hydrogens (tertiary/aromatic N) is 1. The molecule has 0 bridgehead atoms. The first-order valence-electron chi connectivity index (χ1n) is 5.98. The molecule has 0 aromatic carbocycles. The minimum absolute atomic E-state index is 0.161. The summed E-state index contributed by atoms with van der Waals surface area (Å²) < 4.78 is 4.92. The molecule has 5 heteroatoms. The van der Waals surface area contributed by atoms with Gasteiger partial charge in [0.1, 0.15) is 0 Å². The molecule has 1 aromatic heterocycles. The van der Waals surface area contributed by atoms with Crippen LogP contribution < -0.4 is 5.32 Å². The molecule has 2 unspecified atom stereocenters. The van der Waals surface area contributed by atoms with Crippen molar-refractivity contribution < 1.29 is 9.32 Å². The lowest BCUT2D eigenvalue weighted by molar-refractivity contribution is 0.0907. The van der Waals surface area contributed by atoms with Crippen LogP contribution in [0.3, 0.4) is 0 Å². The van der Waals surface area contributed by atoms with Crippen LogP contribution in [0.5, 0.6) is 0 Å². The Labute approximate surface area is 109 Å². The molecule has 94 valence electrons. The maximum absolute atomic E-state index is 11.8. The van der Waals surface area contributed by atoms with Gasteiger partial charge in [-0.25, -0.2) is 0 Å². The minimum Gasteiger partial charge on any atom is -0.351 e. The number of carbonyl (C=O) groups excluding carboxylic acids is 1. The van der Waals surface area contributed by atoms with E-state index in [4.69, 9.17) is 4.52 Å². The van der Waals surface area contributed by atoms with Gasteiger partial charge in [-0.05, 0) is 31.6 Å². The van der Waals surface area contributed by atoms with Gasteiger partial charge in [0.05, 0.1) is 5.69 Å². The van der Waals surface area contributed by atoms with E-state index in [0.29, 0.717) is 17.6 Å². The Morgan fingerprint density at radius 3 is 3.00 bits per heavy atom. The van der Waals surface area contributed by atoms with Gasteiger partial charge in [-0.15, -0.1) is 0 Å². The van der Waals surface area contributed by atoms with Gasteiger partial charge in [-0.1, -0.05) is 27.5 Å². The molecule has 1 aliphatic carbocycles. The zero-order chi connectivity index (χ0) is 12.3. The van der Waals surface area contributed by atoms with Gasteiger partial charge < -0.3 is 9.84 Å². The topological polar surface area (TPSA) is 55.1 Å². The maximum atomic E-state index is 11.8. The molecule has 2 rings (SSSR count). The van der Waals surface area contributed by atoms with Crippen LogP contribution in [0.1, 0.15) is 35.5 Å². The average Bonchev–Trinajstić information content (AvgIpc) is 2.94. The Morgan fingerprint density at radius 2 is 2.35 bits per heavy atom. The molecule has 0 aliphatic heterocycles. The predicted molar refractivity (Wildman–Crippen MR) is 68.2 cm³/mol. The number of hydrogen-bond acceptors (Lipinski definition) is 3. The van der Waals surface area contributed by atoms with Gasteiger partial charge in [0.25, 0.3) is 5.91 Å². The molecule has 1 saturated carbocycles. The van der Waals surface area contributed by atoms with Gasteiger partial charge in [-0.2, -0.15) is 0 Å². The number of rotatable bonds is 4. The van der Waals surface area contributed by atoms with Gasteiger partial charge in [0.2, 0.25) is 5.76 Å². The first-order chi connectivity index (χ1) is 8.20. The van der Waals surface area contributed by atoms with E-state index in [0.717, 1.165) is 17.6 Å². The standard InChI is InChI=1S/C12H17BrN2O2/c1-8-5-11(17-15-8)12(16)14-7-10-4-2-3-9(10)6-13/h5,9-10H,2-4,6-7H2,1H3,(H,14,16). The van der Waals surface area contributed by atoms with Gasteiger partial charge >= 0.3 is 0 Å². The molecular weight excluding hydrogens is 284 g/mol. The lowest BCUT2D eigenvalue weighted by atomic mass is 9.98. The molecule has 4 nitrogen and oxygen atoms in total. The van der Waals surface area contributed by atoms with E-state index in [1.54, 1.807) is 13.0 Å². The fraction of sp³-hybridized carbons (Fsp3) is 0.667. The Morgan fingerprint density at radius 1 is 1.59 bits per heavy atom. The summed E-state index contributed by atoms with van der Waals surface area (Å²) in [6.45, 7) is 2.53. The van der Waals surface area contributed by atoms with Crippen molar-refractivity contribution in [2.24, 2.45) is 11.8 Å². The van der Waals surface area contributed by atoms with Crippen molar-refractivity contribution in [3.8, 4) is 0 Å². The molecule has 2 atom stereocenters. The van der Waals surface area contributed by atoms with E-state index >= 15 is 0 Å². The minimum atomic E-state index is -0.161. The Kier molecular flexibility index (Phi) is 4.20. The van der Waals surface area contributed by atoms with Crippen LogP contribution >= 0.6 is 15.9 Å². The van der Waals surface area contributed by atoms with E-state index in [2.05, 4.69) is 26.4 Å². The number of nitrogens with one attached hydrogen (secondary N) is 1.